The molecule has 1 rings (SSSR count). The van der Waals surface area contributed by atoms with E-state index in [0.717, 1.165) is 6.42 Å². The fraction of sp³-hybridized carbons (Fsp3) is 0.667. The Hall–Kier alpha value is -1.10. The van der Waals surface area contributed by atoms with E-state index in [-0.39, 0.29) is 11.2 Å². The lowest BCUT2D eigenvalue weighted by atomic mass is 10.0. The highest BCUT2D eigenvalue weighted by Gasteiger charge is 2.12. The highest BCUT2D eigenvalue weighted by molar-refractivity contribution is 6.28. The molecule has 1 aromatic heterocycles. The number of anilines is 2. The lowest BCUT2D eigenvalue weighted by molar-refractivity contribution is 0.508. The minimum absolute atomic E-state index is 0.114. The van der Waals surface area contributed by atoms with Gasteiger partial charge in [-0.3, -0.25) is 0 Å². The van der Waals surface area contributed by atoms with Crippen molar-refractivity contribution in [2.24, 2.45) is 5.92 Å². The van der Waals surface area contributed by atoms with Gasteiger partial charge in [0, 0.05) is 6.04 Å². The smallest absolute Gasteiger partial charge is 0.229 e. The van der Waals surface area contributed by atoms with Crippen LogP contribution in [0.1, 0.15) is 27.2 Å². The molecule has 1 atom stereocenters. The van der Waals surface area contributed by atoms with E-state index in [2.05, 4.69) is 41.0 Å². The fourth-order valence-electron chi connectivity index (χ4n) is 1.34. The van der Waals surface area contributed by atoms with Crippen LogP contribution < -0.4 is 11.1 Å². The maximum absolute atomic E-state index is 5.67. The molecule has 5 nitrogen and oxygen atoms in total. The number of hydrogen-bond donors (Lipinski definition) is 2. The van der Waals surface area contributed by atoms with Crippen molar-refractivity contribution in [2.45, 2.75) is 33.2 Å². The molecule has 0 fully saturated rings. The second kappa shape index (κ2) is 5.11. The lowest BCUT2D eigenvalue weighted by Crippen LogP contribution is -2.26. The van der Waals surface area contributed by atoms with Gasteiger partial charge in [-0.05, 0) is 23.9 Å². The third-order valence-electron chi connectivity index (χ3n) is 2.18. The molecule has 0 bridgehead atoms. The SMILES string of the molecule is CCC(Nc1nc(N)nc(Cl)n1)C(C)C. The maximum Gasteiger partial charge on any atom is 0.229 e. The molecule has 0 aliphatic carbocycles. The van der Waals surface area contributed by atoms with Gasteiger partial charge in [0.15, 0.2) is 0 Å². The zero-order valence-electron chi connectivity index (χ0n) is 9.16. The van der Waals surface area contributed by atoms with Crippen molar-refractivity contribution in [1.29, 1.82) is 0 Å². The van der Waals surface area contributed by atoms with Crippen LogP contribution in [0.5, 0.6) is 0 Å². The van der Waals surface area contributed by atoms with Gasteiger partial charge in [0.05, 0.1) is 0 Å². The first kappa shape index (κ1) is 12.0. The van der Waals surface area contributed by atoms with Gasteiger partial charge in [-0.2, -0.15) is 15.0 Å². The fourth-order valence-corrected chi connectivity index (χ4v) is 1.50. The Morgan fingerprint density at radius 2 is 2.00 bits per heavy atom. The summed E-state index contributed by atoms with van der Waals surface area (Å²) >= 11 is 5.67. The van der Waals surface area contributed by atoms with E-state index in [1.54, 1.807) is 0 Å². The van der Waals surface area contributed by atoms with Crippen molar-refractivity contribution < 1.29 is 0 Å². The minimum atomic E-state index is 0.114. The van der Waals surface area contributed by atoms with E-state index in [1.165, 1.54) is 0 Å². The topological polar surface area (TPSA) is 76.7 Å². The van der Waals surface area contributed by atoms with Crippen LogP contribution in [0.3, 0.4) is 0 Å². The van der Waals surface area contributed by atoms with Crippen molar-refractivity contribution in [3.05, 3.63) is 5.28 Å². The summed E-state index contributed by atoms with van der Waals surface area (Å²) in [6, 6.07) is 0.308. The van der Waals surface area contributed by atoms with E-state index in [0.29, 0.717) is 17.9 Å². The Bertz CT molecular complexity index is 308. The predicted octanol–water partition coefficient (Wildman–Crippen LogP) is 1.95. The Morgan fingerprint density at radius 1 is 1.33 bits per heavy atom. The van der Waals surface area contributed by atoms with Crippen molar-refractivity contribution in [3.8, 4) is 0 Å². The third kappa shape index (κ3) is 3.51. The van der Waals surface area contributed by atoms with Crippen LogP contribution in [-0.2, 0) is 0 Å². The first-order valence-corrected chi connectivity index (χ1v) is 5.34. The van der Waals surface area contributed by atoms with Crippen molar-refractivity contribution in [3.63, 3.8) is 0 Å². The van der Waals surface area contributed by atoms with Crippen LogP contribution in [0.4, 0.5) is 11.9 Å². The van der Waals surface area contributed by atoms with Gasteiger partial charge in [-0.1, -0.05) is 20.8 Å². The summed E-state index contributed by atoms with van der Waals surface area (Å²) in [6.45, 7) is 6.37. The van der Waals surface area contributed by atoms with Gasteiger partial charge in [0.1, 0.15) is 0 Å². The summed E-state index contributed by atoms with van der Waals surface area (Å²) < 4.78 is 0. The van der Waals surface area contributed by atoms with E-state index in [1.807, 2.05) is 0 Å². The summed E-state index contributed by atoms with van der Waals surface area (Å²) in [7, 11) is 0. The van der Waals surface area contributed by atoms with Gasteiger partial charge in [0.25, 0.3) is 0 Å². The largest absolute Gasteiger partial charge is 0.368 e. The average Bonchev–Trinajstić information content (AvgIpc) is 2.12. The summed E-state index contributed by atoms with van der Waals surface area (Å²) in [5, 5.41) is 3.30. The summed E-state index contributed by atoms with van der Waals surface area (Å²) in [5.74, 6) is 1.07. The number of nitrogens with zero attached hydrogens (tertiary/aromatic N) is 3. The van der Waals surface area contributed by atoms with Crippen molar-refractivity contribution in [1.82, 2.24) is 15.0 Å². The lowest BCUT2D eigenvalue weighted by Gasteiger charge is -2.20. The number of aromatic nitrogens is 3. The van der Waals surface area contributed by atoms with Gasteiger partial charge in [-0.25, -0.2) is 0 Å². The Labute approximate surface area is 94.5 Å². The molecule has 1 heterocycles. The monoisotopic (exact) mass is 229 g/mol. The molecule has 6 heteroatoms. The number of nitrogens with one attached hydrogen (secondary N) is 1. The molecule has 0 spiro atoms. The molecule has 3 N–H and O–H groups in total. The number of nitrogen functional groups attached to an aromatic ring is 1. The molecule has 0 aromatic carbocycles. The Morgan fingerprint density at radius 3 is 2.47 bits per heavy atom. The van der Waals surface area contributed by atoms with Crippen LogP contribution in [0.15, 0.2) is 0 Å². The quantitative estimate of drug-likeness (QED) is 0.825. The third-order valence-corrected chi connectivity index (χ3v) is 2.35. The Kier molecular flexibility index (Phi) is 4.08. The van der Waals surface area contributed by atoms with Gasteiger partial charge < -0.3 is 11.1 Å². The van der Waals surface area contributed by atoms with Crippen LogP contribution in [-0.4, -0.2) is 21.0 Å². The predicted molar refractivity (Wildman–Crippen MR) is 61.8 cm³/mol. The summed E-state index contributed by atoms with van der Waals surface area (Å²) in [4.78, 5) is 11.6. The Balaban J connectivity index is 2.79. The second-order valence-electron chi connectivity index (χ2n) is 3.69. The highest BCUT2D eigenvalue weighted by Crippen LogP contribution is 2.13. The summed E-state index contributed by atoms with van der Waals surface area (Å²) in [6.07, 6.45) is 0.987. The first-order chi connectivity index (χ1) is 7.02. The van der Waals surface area contributed by atoms with Crippen LogP contribution in [0.25, 0.3) is 0 Å². The molecule has 84 valence electrons. The molecule has 15 heavy (non-hydrogen) atoms. The molecule has 1 unspecified atom stereocenters. The molecule has 0 radical (unpaired) electrons. The number of halogens is 1. The number of nitrogens with two attached hydrogens (primary N) is 1. The molecule has 0 aliphatic rings. The van der Waals surface area contributed by atoms with Crippen LogP contribution in [0, 0.1) is 5.92 Å². The standard InChI is InChI=1S/C9H16ClN5/c1-4-6(5(2)3)12-9-14-7(10)13-8(11)15-9/h5-6H,4H2,1-3H3,(H3,11,12,13,14,15). The van der Waals surface area contributed by atoms with Crippen LogP contribution >= 0.6 is 11.6 Å². The number of rotatable bonds is 4. The van der Waals surface area contributed by atoms with E-state index < -0.39 is 0 Å². The zero-order valence-corrected chi connectivity index (χ0v) is 9.91. The van der Waals surface area contributed by atoms with E-state index in [9.17, 15) is 0 Å². The molecule has 0 aliphatic heterocycles. The second-order valence-corrected chi connectivity index (χ2v) is 4.03. The van der Waals surface area contributed by atoms with Gasteiger partial charge in [0.2, 0.25) is 17.2 Å². The maximum atomic E-state index is 5.67. The van der Waals surface area contributed by atoms with Crippen molar-refractivity contribution >= 4 is 23.5 Å². The molecule has 0 saturated heterocycles. The van der Waals surface area contributed by atoms with Gasteiger partial charge >= 0.3 is 0 Å². The van der Waals surface area contributed by atoms with Gasteiger partial charge in [-0.15, -0.1) is 0 Å². The normalized spacial score (nSPS) is 12.9. The summed E-state index contributed by atoms with van der Waals surface area (Å²) in [5.41, 5.74) is 5.47. The average molecular weight is 230 g/mol. The molecule has 0 amide bonds. The molecule has 1 aromatic rings. The molecular formula is C9H16ClN5. The number of hydrogen-bond acceptors (Lipinski definition) is 5. The minimum Gasteiger partial charge on any atom is -0.368 e. The first-order valence-electron chi connectivity index (χ1n) is 4.96. The zero-order chi connectivity index (χ0) is 11.4. The van der Waals surface area contributed by atoms with E-state index in [4.69, 9.17) is 17.3 Å². The van der Waals surface area contributed by atoms with E-state index >= 15 is 0 Å². The molecular weight excluding hydrogens is 214 g/mol. The van der Waals surface area contributed by atoms with Crippen LogP contribution in [0.2, 0.25) is 5.28 Å². The van der Waals surface area contributed by atoms with Crippen molar-refractivity contribution in [2.75, 3.05) is 11.1 Å². The highest BCUT2D eigenvalue weighted by atomic mass is 35.5. The molecule has 0 saturated carbocycles.